The van der Waals surface area contributed by atoms with Crippen molar-refractivity contribution < 1.29 is 4.79 Å². The lowest BCUT2D eigenvalue weighted by Crippen LogP contribution is -2.18. The van der Waals surface area contributed by atoms with Crippen molar-refractivity contribution in [1.29, 1.82) is 0 Å². The molecule has 0 N–H and O–H groups in total. The van der Waals surface area contributed by atoms with Crippen molar-refractivity contribution in [2.24, 2.45) is 5.41 Å². The van der Waals surface area contributed by atoms with E-state index in [0.717, 1.165) is 5.75 Å². The van der Waals surface area contributed by atoms with Gasteiger partial charge in [0.15, 0.2) is 5.12 Å². The van der Waals surface area contributed by atoms with E-state index in [9.17, 15) is 4.79 Å². The number of hydrogen-bond acceptors (Lipinski definition) is 2. The number of carbonyl (C=O) groups is 1. The van der Waals surface area contributed by atoms with Gasteiger partial charge >= 0.3 is 0 Å². The van der Waals surface area contributed by atoms with Gasteiger partial charge in [-0.05, 0) is 19.6 Å². The molecule has 0 heterocycles. The highest BCUT2D eigenvalue weighted by molar-refractivity contribution is 8.13. The summed E-state index contributed by atoms with van der Waals surface area (Å²) >= 11 is 6.72. The van der Waals surface area contributed by atoms with Crippen LogP contribution in [0.2, 0.25) is 0 Å². The van der Waals surface area contributed by atoms with Crippen LogP contribution in [0.4, 0.5) is 0 Å². The van der Waals surface area contributed by atoms with Crippen LogP contribution in [0.25, 0.3) is 0 Å². The Morgan fingerprint density at radius 3 is 2.55 bits per heavy atom. The maximum absolute atomic E-state index is 11.3. The first kappa shape index (κ1) is 11.1. The van der Waals surface area contributed by atoms with Crippen molar-refractivity contribution in [3.63, 3.8) is 0 Å². The molecule has 11 heavy (non-hydrogen) atoms. The molecule has 0 rings (SSSR count). The van der Waals surface area contributed by atoms with E-state index in [1.807, 2.05) is 20.8 Å². The summed E-state index contributed by atoms with van der Waals surface area (Å²) in [4.78, 5) is 11.3. The molecule has 0 aliphatic carbocycles. The van der Waals surface area contributed by atoms with Crippen molar-refractivity contribution in [3.05, 3.63) is 11.6 Å². The van der Waals surface area contributed by atoms with Crippen molar-refractivity contribution in [3.8, 4) is 0 Å². The molecule has 0 aromatic rings. The maximum atomic E-state index is 11.3. The van der Waals surface area contributed by atoms with Crippen LogP contribution in [0.5, 0.6) is 0 Å². The Balaban J connectivity index is 4.17. The fourth-order valence-electron chi connectivity index (χ4n) is 0.543. The van der Waals surface area contributed by atoms with Gasteiger partial charge in [0.05, 0.1) is 5.41 Å². The monoisotopic (exact) mass is 192 g/mol. The second-order valence-electron chi connectivity index (χ2n) is 2.73. The standard InChI is InChI=1S/C8H13ClOS/c1-4-11-7(10)8(2,3)5-6-9/h5-6H,4H2,1-3H3/b6-5+. The predicted molar refractivity (Wildman–Crippen MR) is 51.9 cm³/mol. The number of rotatable bonds is 3. The van der Waals surface area contributed by atoms with E-state index in [2.05, 4.69) is 0 Å². The molecule has 0 fully saturated rings. The largest absolute Gasteiger partial charge is 0.286 e. The Hall–Kier alpha value is 0.0500. The minimum absolute atomic E-state index is 0.164. The third kappa shape index (κ3) is 3.82. The SMILES string of the molecule is CCSC(=O)C(C)(C)/C=C/Cl. The molecule has 3 heteroatoms. The van der Waals surface area contributed by atoms with Crippen LogP contribution in [-0.4, -0.2) is 10.9 Å². The highest BCUT2D eigenvalue weighted by atomic mass is 35.5. The molecule has 64 valence electrons. The molecule has 0 saturated heterocycles. The molecule has 0 amide bonds. The van der Waals surface area contributed by atoms with Gasteiger partial charge in [-0.25, -0.2) is 0 Å². The zero-order valence-electron chi connectivity index (χ0n) is 7.06. The van der Waals surface area contributed by atoms with Crippen molar-refractivity contribution in [1.82, 2.24) is 0 Å². The van der Waals surface area contributed by atoms with E-state index in [4.69, 9.17) is 11.6 Å². The summed E-state index contributed by atoms with van der Waals surface area (Å²) in [6, 6.07) is 0. The summed E-state index contributed by atoms with van der Waals surface area (Å²) in [5.74, 6) is 0.818. The van der Waals surface area contributed by atoms with E-state index in [0.29, 0.717) is 0 Å². The lowest BCUT2D eigenvalue weighted by Gasteiger charge is -2.16. The number of halogens is 1. The molecule has 0 spiro atoms. The molecule has 0 atom stereocenters. The van der Waals surface area contributed by atoms with Crippen LogP contribution < -0.4 is 0 Å². The molecular formula is C8H13ClOS. The average molecular weight is 193 g/mol. The second kappa shape index (κ2) is 4.83. The first-order valence-corrected chi connectivity index (χ1v) is 4.92. The Morgan fingerprint density at radius 1 is 1.64 bits per heavy atom. The first-order chi connectivity index (χ1) is 5.04. The molecule has 0 saturated carbocycles. The topological polar surface area (TPSA) is 17.1 Å². The number of allylic oxidation sites excluding steroid dienone is 1. The van der Waals surface area contributed by atoms with E-state index in [-0.39, 0.29) is 5.12 Å². The fourth-order valence-corrected chi connectivity index (χ4v) is 1.56. The Bertz CT molecular complexity index is 163. The molecule has 0 aliphatic rings. The van der Waals surface area contributed by atoms with Crippen molar-refractivity contribution >= 4 is 28.5 Å². The Kier molecular flexibility index (Phi) is 4.86. The van der Waals surface area contributed by atoms with E-state index in [1.165, 1.54) is 17.3 Å². The Labute approximate surface area is 77.2 Å². The number of thioether (sulfide) groups is 1. The third-order valence-corrected chi connectivity index (χ3v) is 2.48. The van der Waals surface area contributed by atoms with Crippen LogP contribution in [0.1, 0.15) is 20.8 Å². The third-order valence-electron chi connectivity index (χ3n) is 1.28. The smallest absolute Gasteiger partial charge is 0.198 e. The van der Waals surface area contributed by atoms with Crippen molar-refractivity contribution in [2.75, 3.05) is 5.75 Å². The molecule has 0 aromatic carbocycles. The quantitative estimate of drug-likeness (QED) is 0.684. The van der Waals surface area contributed by atoms with Gasteiger partial charge in [0.25, 0.3) is 0 Å². The minimum Gasteiger partial charge on any atom is -0.286 e. The summed E-state index contributed by atoms with van der Waals surface area (Å²) in [6.45, 7) is 5.68. The molecule has 0 radical (unpaired) electrons. The van der Waals surface area contributed by atoms with Crippen LogP contribution in [0.15, 0.2) is 11.6 Å². The van der Waals surface area contributed by atoms with Gasteiger partial charge in [-0.2, -0.15) is 0 Å². The van der Waals surface area contributed by atoms with Gasteiger partial charge in [-0.15, -0.1) is 0 Å². The highest BCUT2D eigenvalue weighted by Gasteiger charge is 2.23. The van der Waals surface area contributed by atoms with Crippen LogP contribution in [0.3, 0.4) is 0 Å². The van der Waals surface area contributed by atoms with Gasteiger partial charge in [0.1, 0.15) is 0 Å². The van der Waals surface area contributed by atoms with Gasteiger partial charge in [-0.3, -0.25) is 4.79 Å². The van der Waals surface area contributed by atoms with Gasteiger partial charge < -0.3 is 0 Å². The molecule has 0 unspecified atom stereocenters. The summed E-state index contributed by atoms with van der Waals surface area (Å²) in [7, 11) is 0. The molecular weight excluding hydrogens is 180 g/mol. The number of hydrogen-bond donors (Lipinski definition) is 0. The lowest BCUT2D eigenvalue weighted by molar-refractivity contribution is -0.116. The van der Waals surface area contributed by atoms with Gasteiger partial charge in [0, 0.05) is 5.54 Å². The zero-order chi connectivity index (χ0) is 8.91. The van der Waals surface area contributed by atoms with Crippen LogP contribution in [-0.2, 0) is 4.79 Å². The molecule has 0 bridgehead atoms. The maximum Gasteiger partial charge on any atom is 0.198 e. The molecule has 1 nitrogen and oxygen atoms in total. The lowest BCUT2D eigenvalue weighted by atomic mass is 9.96. The van der Waals surface area contributed by atoms with Crippen molar-refractivity contribution in [2.45, 2.75) is 20.8 Å². The van der Waals surface area contributed by atoms with Gasteiger partial charge in [0.2, 0.25) is 0 Å². The summed E-state index contributed by atoms with van der Waals surface area (Å²) < 4.78 is 0. The van der Waals surface area contributed by atoms with E-state index >= 15 is 0 Å². The summed E-state index contributed by atoms with van der Waals surface area (Å²) in [6.07, 6.45) is 1.71. The highest BCUT2D eigenvalue weighted by Crippen LogP contribution is 2.25. The summed E-state index contributed by atoms with van der Waals surface area (Å²) in [5, 5.41) is 0.164. The fraction of sp³-hybridized carbons (Fsp3) is 0.625. The number of carbonyl (C=O) groups excluding carboxylic acids is 1. The molecule has 0 aliphatic heterocycles. The average Bonchev–Trinajstić information content (AvgIpc) is 1.88. The van der Waals surface area contributed by atoms with E-state index < -0.39 is 5.41 Å². The summed E-state index contributed by atoms with van der Waals surface area (Å²) in [5.41, 5.74) is 0.969. The normalized spacial score (nSPS) is 12.4. The van der Waals surface area contributed by atoms with Gasteiger partial charge in [-0.1, -0.05) is 36.4 Å². The second-order valence-corrected chi connectivity index (χ2v) is 4.22. The van der Waals surface area contributed by atoms with E-state index in [1.54, 1.807) is 6.08 Å². The van der Waals surface area contributed by atoms with Crippen LogP contribution in [0, 0.1) is 5.41 Å². The first-order valence-electron chi connectivity index (χ1n) is 3.49. The van der Waals surface area contributed by atoms with Crippen LogP contribution >= 0.6 is 23.4 Å². The predicted octanol–water partition coefficient (Wildman–Crippen LogP) is 3.04. The zero-order valence-corrected chi connectivity index (χ0v) is 8.63. The molecule has 0 aromatic heterocycles. The Morgan fingerprint density at radius 2 is 2.18 bits per heavy atom. The minimum atomic E-state index is -0.428.